The molecule has 5 heteroatoms. The maximum absolute atomic E-state index is 12.5. The van der Waals surface area contributed by atoms with E-state index in [2.05, 4.69) is 0 Å². The van der Waals surface area contributed by atoms with E-state index < -0.39 is 0 Å². The highest BCUT2D eigenvalue weighted by Crippen LogP contribution is 2.39. The molecule has 0 fully saturated rings. The first kappa shape index (κ1) is 13.3. The van der Waals surface area contributed by atoms with Crippen molar-refractivity contribution < 1.29 is 9.59 Å². The first-order valence-electron chi connectivity index (χ1n) is 6.05. The van der Waals surface area contributed by atoms with Crippen LogP contribution in [0.25, 0.3) is 0 Å². The lowest BCUT2D eigenvalue weighted by Gasteiger charge is -2.19. The van der Waals surface area contributed by atoms with Crippen LogP contribution < -0.4 is 0 Å². The molecule has 0 atom stereocenters. The molecule has 3 rings (SSSR count). The molecule has 2 aliphatic rings. The lowest BCUT2D eigenvalue weighted by molar-refractivity contribution is 0.0988. The van der Waals surface area contributed by atoms with E-state index in [0.717, 1.165) is 23.0 Å². The Hall–Kier alpha value is -0.650. The van der Waals surface area contributed by atoms with Crippen LogP contribution >= 0.6 is 35.3 Å². The van der Waals surface area contributed by atoms with Crippen molar-refractivity contribution in [3.63, 3.8) is 0 Å². The molecule has 0 spiro atoms. The van der Waals surface area contributed by atoms with Crippen LogP contribution in [0, 0.1) is 0 Å². The molecule has 1 aromatic rings. The fourth-order valence-corrected chi connectivity index (χ4v) is 5.60. The molecule has 98 valence electrons. The standard InChI is InChI=1S/C14H12O2S3/c15-11-9-3-1-2-4-10(9)12(16)14-13(11)18-7-5-17-6-8-19-14/h1-4H,5-8H2. The van der Waals surface area contributed by atoms with E-state index in [0.29, 0.717) is 20.9 Å². The molecule has 0 unspecified atom stereocenters. The molecule has 0 radical (unpaired) electrons. The molecule has 19 heavy (non-hydrogen) atoms. The summed E-state index contributed by atoms with van der Waals surface area (Å²) in [5, 5.41) is 0. The maximum atomic E-state index is 12.5. The van der Waals surface area contributed by atoms with Crippen LogP contribution in [0.1, 0.15) is 20.7 Å². The zero-order chi connectivity index (χ0) is 13.2. The molecule has 1 aliphatic heterocycles. The summed E-state index contributed by atoms with van der Waals surface area (Å²) in [6.45, 7) is 0. The van der Waals surface area contributed by atoms with Crippen LogP contribution in [0.3, 0.4) is 0 Å². The summed E-state index contributed by atoms with van der Waals surface area (Å²) in [4.78, 5) is 26.4. The highest BCUT2D eigenvalue weighted by atomic mass is 32.2. The Morgan fingerprint density at radius 2 is 1.21 bits per heavy atom. The third-order valence-electron chi connectivity index (χ3n) is 2.98. The summed E-state index contributed by atoms with van der Waals surface area (Å²) in [5.74, 6) is 3.90. The van der Waals surface area contributed by atoms with Crippen molar-refractivity contribution in [1.82, 2.24) is 0 Å². The van der Waals surface area contributed by atoms with Gasteiger partial charge in [-0.25, -0.2) is 0 Å². The average Bonchev–Trinajstić information content (AvgIpc) is 2.56. The number of benzene rings is 1. The van der Waals surface area contributed by atoms with Gasteiger partial charge < -0.3 is 0 Å². The zero-order valence-electron chi connectivity index (χ0n) is 10.2. The van der Waals surface area contributed by atoms with Crippen molar-refractivity contribution in [2.75, 3.05) is 23.0 Å². The number of Topliss-reactive ketones (excluding diaryl/α,β-unsaturated/α-hetero) is 2. The van der Waals surface area contributed by atoms with Gasteiger partial charge in [-0.15, -0.1) is 23.5 Å². The quantitative estimate of drug-likeness (QED) is 0.733. The molecule has 0 bridgehead atoms. The second-order valence-electron chi connectivity index (χ2n) is 4.17. The molecular weight excluding hydrogens is 296 g/mol. The fourth-order valence-electron chi connectivity index (χ4n) is 2.10. The van der Waals surface area contributed by atoms with Gasteiger partial charge in [-0.1, -0.05) is 24.3 Å². The summed E-state index contributed by atoms with van der Waals surface area (Å²) in [5.41, 5.74) is 1.12. The van der Waals surface area contributed by atoms with Crippen LogP contribution in [0.5, 0.6) is 0 Å². The van der Waals surface area contributed by atoms with Gasteiger partial charge in [0.05, 0.1) is 9.81 Å². The van der Waals surface area contributed by atoms with Crippen LogP contribution in [0.2, 0.25) is 0 Å². The second kappa shape index (κ2) is 5.77. The van der Waals surface area contributed by atoms with Crippen LogP contribution in [-0.4, -0.2) is 34.6 Å². The third kappa shape index (κ3) is 2.51. The number of thioether (sulfide) groups is 3. The number of ketones is 2. The topological polar surface area (TPSA) is 34.1 Å². The monoisotopic (exact) mass is 308 g/mol. The lowest BCUT2D eigenvalue weighted by Crippen LogP contribution is -2.19. The Balaban J connectivity index is 2.07. The van der Waals surface area contributed by atoms with Crippen LogP contribution in [0.15, 0.2) is 34.1 Å². The highest BCUT2D eigenvalue weighted by molar-refractivity contribution is 8.10. The largest absolute Gasteiger partial charge is 0.288 e. The Bertz CT molecular complexity index is 529. The Kier molecular flexibility index (Phi) is 4.05. The van der Waals surface area contributed by atoms with Crippen LogP contribution in [0.4, 0.5) is 0 Å². The first-order chi connectivity index (χ1) is 9.29. The molecule has 1 heterocycles. The van der Waals surface area contributed by atoms with E-state index in [1.807, 2.05) is 23.9 Å². The smallest absolute Gasteiger partial charge is 0.201 e. The SMILES string of the molecule is O=C1C2=C(SCCSCCS2)C(=O)c2ccccc21. The van der Waals surface area contributed by atoms with Crippen molar-refractivity contribution in [2.24, 2.45) is 0 Å². The van der Waals surface area contributed by atoms with Gasteiger partial charge in [0.25, 0.3) is 0 Å². The molecular formula is C14H12O2S3. The summed E-state index contributed by atoms with van der Waals surface area (Å²) < 4.78 is 0. The van der Waals surface area contributed by atoms with Gasteiger partial charge in [0.2, 0.25) is 11.6 Å². The number of rotatable bonds is 0. The maximum Gasteiger partial charge on any atom is 0.201 e. The van der Waals surface area contributed by atoms with Crippen molar-refractivity contribution in [3.05, 3.63) is 45.2 Å². The summed E-state index contributed by atoms with van der Waals surface area (Å²) >= 11 is 4.96. The van der Waals surface area contributed by atoms with Crippen molar-refractivity contribution in [3.8, 4) is 0 Å². The fraction of sp³-hybridized carbons (Fsp3) is 0.286. The van der Waals surface area contributed by atoms with Gasteiger partial charge in [0.15, 0.2) is 0 Å². The number of fused-ring (bicyclic) bond motifs is 1. The van der Waals surface area contributed by atoms with Gasteiger partial charge in [0.1, 0.15) is 0 Å². The Morgan fingerprint density at radius 1 is 0.737 bits per heavy atom. The van der Waals surface area contributed by atoms with Crippen molar-refractivity contribution in [2.45, 2.75) is 0 Å². The van der Waals surface area contributed by atoms with Crippen LogP contribution in [-0.2, 0) is 0 Å². The summed E-state index contributed by atoms with van der Waals surface area (Å²) in [7, 11) is 0. The van der Waals surface area contributed by atoms with E-state index in [1.54, 1.807) is 12.1 Å². The average molecular weight is 308 g/mol. The molecule has 0 saturated heterocycles. The van der Waals surface area contributed by atoms with Gasteiger partial charge in [-0.3, -0.25) is 9.59 Å². The molecule has 0 saturated carbocycles. The minimum Gasteiger partial charge on any atom is -0.288 e. The second-order valence-corrected chi connectivity index (χ2v) is 7.61. The highest BCUT2D eigenvalue weighted by Gasteiger charge is 2.32. The molecule has 1 aliphatic carbocycles. The summed E-state index contributed by atoms with van der Waals surface area (Å²) in [6.07, 6.45) is 0. The third-order valence-corrected chi connectivity index (χ3v) is 6.79. The van der Waals surface area contributed by atoms with E-state index >= 15 is 0 Å². The van der Waals surface area contributed by atoms with E-state index in [1.165, 1.54) is 23.5 Å². The van der Waals surface area contributed by atoms with Crippen molar-refractivity contribution >= 4 is 46.9 Å². The van der Waals surface area contributed by atoms with Crippen molar-refractivity contribution in [1.29, 1.82) is 0 Å². The minimum absolute atomic E-state index is 0.0228. The number of hydrogen-bond acceptors (Lipinski definition) is 5. The molecule has 2 nitrogen and oxygen atoms in total. The van der Waals surface area contributed by atoms with E-state index in [-0.39, 0.29) is 11.6 Å². The van der Waals surface area contributed by atoms with Gasteiger partial charge in [0, 0.05) is 34.1 Å². The normalized spacial score (nSPS) is 20.2. The predicted octanol–water partition coefficient (Wildman–Crippen LogP) is 3.49. The number of hydrogen-bond donors (Lipinski definition) is 0. The molecule has 0 amide bonds. The van der Waals surface area contributed by atoms with Gasteiger partial charge in [-0.05, 0) is 0 Å². The minimum atomic E-state index is 0.0228. The molecule has 1 aromatic carbocycles. The molecule has 0 N–H and O–H groups in total. The number of allylic oxidation sites excluding steroid dienone is 2. The van der Waals surface area contributed by atoms with Gasteiger partial charge >= 0.3 is 0 Å². The lowest BCUT2D eigenvalue weighted by atomic mass is 9.94. The Labute approximate surface area is 124 Å². The predicted molar refractivity (Wildman–Crippen MR) is 84.4 cm³/mol. The van der Waals surface area contributed by atoms with E-state index in [9.17, 15) is 9.59 Å². The first-order valence-corrected chi connectivity index (χ1v) is 9.17. The number of carbonyl (C=O) groups is 2. The number of carbonyl (C=O) groups excluding carboxylic acids is 2. The van der Waals surface area contributed by atoms with E-state index in [4.69, 9.17) is 0 Å². The Morgan fingerprint density at radius 3 is 1.68 bits per heavy atom. The summed E-state index contributed by atoms with van der Waals surface area (Å²) in [6, 6.07) is 7.15. The van der Waals surface area contributed by atoms with Gasteiger partial charge in [-0.2, -0.15) is 11.8 Å². The zero-order valence-corrected chi connectivity index (χ0v) is 12.6. The molecule has 0 aromatic heterocycles.